The first-order chi connectivity index (χ1) is 42.4. The van der Waals surface area contributed by atoms with Crippen LogP contribution in [0.5, 0.6) is 0 Å². The Bertz CT molecular complexity index is 1720. The lowest BCUT2D eigenvalue weighted by molar-refractivity contribution is -0.161. The molecule has 0 aromatic rings. The van der Waals surface area contributed by atoms with E-state index in [-0.39, 0.29) is 25.7 Å². The highest BCUT2D eigenvalue weighted by atomic mass is 31.2. The fourth-order valence-corrected chi connectivity index (χ4v) is 12.0. The fourth-order valence-electron chi connectivity index (χ4n) is 10.4. The normalized spacial score (nSPS) is 14.2. The van der Waals surface area contributed by atoms with E-state index in [9.17, 15) is 43.2 Å². The summed E-state index contributed by atoms with van der Waals surface area (Å²) < 4.78 is 68.1. The van der Waals surface area contributed by atoms with Gasteiger partial charge in [-0.15, -0.1) is 0 Å². The Kier molecular flexibility index (Phi) is 59.9. The molecule has 0 aliphatic rings. The van der Waals surface area contributed by atoms with E-state index in [2.05, 4.69) is 41.5 Å². The molecule has 2 unspecified atom stereocenters. The number of hydrogen-bond acceptors (Lipinski definition) is 15. The molecule has 0 bridgehead atoms. The molecule has 0 rings (SSSR count). The van der Waals surface area contributed by atoms with Gasteiger partial charge in [-0.1, -0.05) is 298 Å². The van der Waals surface area contributed by atoms with Crippen molar-refractivity contribution >= 4 is 39.5 Å². The lowest BCUT2D eigenvalue weighted by atomic mass is 10.0. The third kappa shape index (κ3) is 62.8. The zero-order valence-corrected chi connectivity index (χ0v) is 58.8. The number of hydrogen-bond donors (Lipinski definition) is 3. The van der Waals surface area contributed by atoms with Crippen molar-refractivity contribution < 1.29 is 80.2 Å². The van der Waals surface area contributed by atoms with E-state index in [0.717, 1.165) is 102 Å². The molecule has 19 heteroatoms. The van der Waals surface area contributed by atoms with Gasteiger partial charge < -0.3 is 33.8 Å². The molecule has 0 amide bonds. The number of phosphoric acid groups is 2. The van der Waals surface area contributed by atoms with Crippen LogP contribution >= 0.6 is 15.6 Å². The first kappa shape index (κ1) is 86.1. The highest BCUT2D eigenvalue weighted by molar-refractivity contribution is 7.47. The molecular weight excluding hydrogens is 1160 g/mol. The molecule has 0 fully saturated rings. The zero-order valence-electron chi connectivity index (χ0n) is 57.0. The van der Waals surface area contributed by atoms with Gasteiger partial charge >= 0.3 is 39.5 Å². The molecule has 5 atom stereocenters. The summed E-state index contributed by atoms with van der Waals surface area (Å²) in [6, 6.07) is 0. The summed E-state index contributed by atoms with van der Waals surface area (Å²) in [6.07, 6.45) is 46.3. The highest BCUT2D eigenvalue weighted by Gasteiger charge is 2.30. The Morgan fingerprint density at radius 1 is 0.307 bits per heavy atom. The molecule has 0 heterocycles. The van der Waals surface area contributed by atoms with Gasteiger partial charge in [0.25, 0.3) is 0 Å². The SMILES string of the molecule is CCCCCCCCCCCCCCCCCCCCCCC(=O)O[C@H](COC(=O)CCCCCCCCCCC(C)C)COP(=O)(O)OC[C@@H](O)COP(=O)(O)OC[C@@H](COC(=O)CCCCCCCCCC)OC(=O)CCCCCCCCC(C)C. The van der Waals surface area contributed by atoms with Crippen molar-refractivity contribution in [2.24, 2.45) is 11.8 Å². The number of ether oxygens (including phenoxy) is 4. The number of phosphoric ester groups is 2. The molecular formula is C69H134O17P2. The average Bonchev–Trinajstić information content (AvgIpc) is 3.67. The molecule has 522 valence electrons. The first-order valence-electron chi connectivity index (χ1n) is 36.0. The van der Waals surface area contributed by atoms with Gasteiger partial charge in [0.15, 0.2) is 12.2 Å². The third-order valence-electron chi connectivity index (χ3n) is 16.0. The van der Waals surface area contributed by atoms with E-state index in [4.69, 9.17) is 37.0 Å². The van der Waals surface area contributed by atoms with Gasteiger partial charge in [-0.3, -0.25) is 37.3 Å². The number of unbranched alkanes of at least 4 members (excludes halogenated alkanes) is 38. The summed E-state index contributed by atoms with van der Waals surface area (Å²) in [5.41, 5.74) is 0. The number of carbonyl (C=O) groups is 4. The molecule has 0 aliphatic heterocycles. The van der Waals surface area contributed by atoms with Gasteiger partial charge in [0.1, 0.15) is 19.3 Å². The minimum atomic E-state index is -4.95. The van der Waals surface area contributed by atoms with E-state index in [1.54, 1.807) is 0 Å². The minimum absolute atomic E-state index is 0.102. The molecule has 17 nitrogen and oxygen atoms in total. The predicted octanol–water partition coefficient (Wildman–Crippen LogP) is 19.6. The van der Waals surface area contributed by atoms with E-state index in [0.29, 0.717) is 31.6 Å². The second-order valence-electron chi connectivity index (χ2n) is 25.9. The third-order valence-corrected chi connectivity index (χ3v) is 17.9. The maximum absolute atomic E-state index is 13.0. The van der Waals surface area contributed by atoms with Crippen LogP contribution in [0.1, 0.15) is 350 Å². The van der Waals surface area contributed by atoms with Gasteiger partial charge in [0, 0.05) is 25.7 Å². The Labute approximate surface area is 537 Å². The second kappa shape index (κ2) is 61.3. The quantitative estimate of drug-likeness (QED) is 0.0222. The summed E-state index contributed by atoms with van der Waals surface area (Å²) in [7, 11) is -9.89. The molecule has 88 heavy (non-hydrogen) atoms. The van der Waals surface area contributed by atoms with Crippen LogP contribution in [0.4, 0.5) is 0 Å². The van der Waals surface area contributed by atoms with Crippen molar-refractivity contribution in [2.75, 3.05) is 39.6 Å². The predicted molar refractivity (Wildman–Crippen MR) is 354 cm³/mol. The number of aliphatic hydroxyl groups excluding tert-OH is 1. The van der Waals surface area contributed by atoms with Gasteiger partial charge in [0.05, 0.1) is 26.4 Å². The van der Waals surface area contributed by atoms with Gasteiger partial charge in [-0.25, -0.2) is 9.13 Å². The van der Waals surface area contributed by atoms with Crippen LogP contribution in [0.3, 0.4) is 0 Å². The number of carbonyl (C=O) groups excluding carboxylic acids is 4. The fraction of sp³-hybridized carbons (Fsp3) is 0.942. The molecule has 3 N–H and O–H groups in total. The summed E-state index contributed by atoms with van der Waals surface area (Å²) in [6.45, 7) is 9.38. The Hall–Kier alpha value is -1.94. The van der Waals surface area contributed by atoms with Gasteiger partial charge in [-0.05, 0) is 37.5 Å². The monoisotopic (exact) mass is 1300 g/mol. The number of aliphatic hydroxyl groups is 1. The maximum Gasteiger partial charge on any atom is 0.472 e. The van der Waals surface area contributed by atoms with E-state index < -0.39 is 97.5 Å². The largest absolute Gasteiger partial charge is 0.472 e. The van der Waals surface area contributed by atoms with Crippen LogP contribution in [-0.2, 0) is 65.4 Å². The summed E-state index contributed by atoms with van der Waals surface area (Å²) >= 11 is 0. The van der Waals surface area contributed by atoms with Crippen LogP contribution in [0.25, 0.3) is 0 Å². The van der Waals surface area contributed by atoms with E-state index >= 15 is 0 Å². The van der Waals surface area contributed by atoms with Crippen LogP contribution in [0.15, 0.2) is 0 Å². The zero-order chi connectivity index (χ0) is 65.0. The lowest BCUT2D eigenvalue weighted by Crippen LogP contribution is -2.30. The Balaban J connectivity index is 5.15. The molecule has 0 aromatic heterocycles. The summed E-state index contributed by atoms with van der Waals surface area (Å²) in [4.78, 5) is 72.3. The summed E-state index contributed by atoms with van der Waals surface area (Å²) in [5.74, 6) is -0.739. The van der Waals surface area contributed by atoms with E-state index in [1.807, 2.05) is 0 Å². The molecule has 0 aliphatic carbocycles. The van der Waals surface area contributed by atoms with Crippen LogP contribution in [-0.4, -0.2) is 96.7 Å². The highest BCUT2D eigenvalue weighted by Crippen LogP contribution is 2.45. The van der Waals surface area contributed by atoms with Crippen LogP contribution in [0, 0.1) is 11.8 Å². The molecule has 0 saturated heterocycles. The molecule has 0 spiro atoms. The minimum Gasteiger partial charge on any atom is -0.462 e. The average molecular weight is 1300 g/mol. The Morgan fingerprint density at radius 2 is 0.523 bits per heavy atom. The number of esters is 4. The molecule has 0 radical (unpaired) electrons. The van der Waals surface area contributed by atoms with Crippen LogP contribution < -0.4 is 0 Å². The maximum atomic E-state index is 13.0. The van der Waals surface area contributed by atoms with E-state index in [1.165, 1.54) is 161 Å². The van der Waals surface area contributed by atoms with Crippen LogP contribution in [0.2, 0.25) is 0 Å². The standard InChI is InChI=1S/C69H134O17P2/c1-7-9-11-13-15-17-18-19-20-21-22-23-24-25-26-27-28-34-41-47-53-68(73)85-64(57-80-67(72)52-46-40-33-30-29-31-37-43-49-61(3)4)59-83-87(75,76)81-55-63(70)56-82-88(77,78)84-60-65(58-79-66(71)51-45-39-32-16-14-12-10-8-2)86-69(74)54-48-42-36-35-38-44-50-62(5)6/h61-65,70H,7-60H2,1-6H3,(H,75,76)(H,77,78)/t63-,64-,65-/m1/s1. The topological polar surface area (TPSA) is 237 Å². The van der Waals surface area contributed by atoms with Crippen molar-refractivity contribution in [1.29, 1.82) is 0 Å². The molecule has 0 aromatic carbocycles. The molecule has 0 saturated carbocycles. The van der Waals surface area contributed by atoms with Crippen molar-refractivity contribution in [3.8, 4) is 0 Å². The summed E-state index contributed by atoms with van der Waals surface area (Å²) in [5, 5.41) is 10.6. The van der Waals surface area contributed by atoms with Gasteiger partial charge in [-0.2, -0.15) is 0 Å². The first-order valence-corrected chi connectivity index (χ1v) is 39.0. The second-order valence-corrected chi connectivity index (χ2v) is 28.8. The van der Waals surface area contributed by atoms with Crippen molar-refractivity contribution in [1.82, 2.24) is 0 Å². The van der Waals surface area contributed by atoms with Crippen molar-refractivity contribution in [2.45, 2.75) is 368 Å². The Morgan fingerprint density at radius 3 is 0.773 bits per heavy atom. The smallest absolute Gasteiger partial charge is 0.462 e. The van der Waals surface area contributed by atoms with Crippen molar-refractivity contribution in [3.05, 3.63) is 0 Å². The van der Waals surface area contributed by atoms with Crippen molar-refractivity contribution in [3.63, 3.8) is 0 Å². The number of rotatable bonds is 68. The lowest BCUT2D eigenvalue weighted by Gasteiger charge is -2.21. The van der Waals surface area contributed by atoms with Gasteiger partial charge in [0.2, 0.25) is 0 Å².